The maximum atomic E-state index is 5.49. The van der Waals surface area contributed by atoms with Crippen molar-refractivity contribution in [3.8, 4) is 0 Å². The van der Waals surface area contributed by atoms with E-state index in [-0.39, 0.29) is 0 Å². The summed E-state index contributed by atoms with van der Waals surface area (Å²) in [5.41, 5.74) is 5.49. The number of rotatable bonds is 6. The van der Waals surface area contributed by atoms with Crippen LogP contribution in [0.1, 0.15) is 5.82 Å². The summed E-state index contributed by atoms with van der Waals surface area (Å²) in [4.78, 5) is 11.0. The first-order valence-electron chi connectivity index (χ1n) is 6.44. The number of anilines is 1. The zero-order valence-electron chi connectivity index (χ0n) is 10.6. The summed E-state index contributed by atoms with van der Waals surface area (Å²) in [6.07, 6.45) is 2.49. The maximum Gasteiger partial charge on any atom is 0.131 e. The van der Waals surface area contributed by atoms with Crippen LogP contribution in [0.4, 0.5) is 5.82 Å². The first-order valence-corrected chi connectivity index (χ1v) is 6.44. The molecule has 1 aromatic heterocycles. The van der Waals surface area contributed by atoms with Gasteiger partial charge in [-0.2, -0.15) is 0 Å². The molecule has 1 fully saturated rings. The largest absolute Gasteiger partial charge is 0.379 e. The molecule has 18 heavy (non-hydrogen) atoms. The molecule has 0 amide bonds. The van der Waals surface area contributed by atoms with Crippen LogP contribution >= 0.6 is 0 Å². The van der Waals surface area contributed by atoms with Crippen LogP contribution in [0, 0.1) is 0 Å². The Kier molecular flexibility index (Phi) is 5.32. The summed E-state index contributed by atoms with van der Waals surface area (Å²) in [5.74, 6) is 1.68. The highest BCUT2D eigenvalue weighted by Crippen LogP contribution is 2.02. The molecule has 0 bridgehead atoms. The lowest BCUT2D eigenvalue weighted by Gasteiger charge is -2.26. The van der Waals surface area contributed by atoms with Gasteiger partial charge in [0, 0.05) is 38.8 Å². The molecule has 0 atom stereocenters. The van der Waals surface area contributed by atoms with Crippen molar-refractivity contribution in [3.63, 3.8) is 0 Å². The molecule has 0 radical (unpaired) electrons. The molecule has 2 heterocycles. The van der Waals surface area contributed by atoms with E-state index in [9.17, 15) is 0 Å². The summed E-state index contributed by atoms with van der Waals surface area (Å²) in [6.45, 7) is 6.20. The van der Waals surface area contributed by atoms with E-state index >= 15 is 0 Å². The summed E-state index contributed by atoms with van der Waals surface area (Å²) in [6, 6.07) is 1.89. The monoisotopic (exact) mass is 251 g/mol. The third kappa shape index (κ3) is 4.21. The van der Waals surface area contributed by atoms with E-state index in [4.69, 9.17) is 10.5 Å². The highest BCUT2D eigenvalue weighted by molar-refractivity contribution is 5.32. The second-order valence-electron chi connectivity index (χ2n) is 4.28. The molecule has 6 heteroatoms. The van der Waals surface area contributed by atoms with E-state index in [1.165, 1.54) is 0 Å². The number of hydrogen-bond acceptors (Lipinski definition) is 6. The Morgan fingerprint density at radius 3 is 3.00 bits per heavy atom. The fourth-order valence-corrected chi connectivity index (χ4v) is 1.91. The van der Waals surface area contributed by atoms with Crippen LogP contribution in [-0.4, -0.2) is 60.8 Å². The zero-order chi connectivity index (χ0) is 12.6. The van der Waals surface area contributed by atoms with E-state index in [1.807, 2.05) is 6.07 Å². The lowest BCUT2D eigenvalue weighted by atomic mass is 10.4. The average Bonchev–Trinajstić information content (AvgIpc) is 2.41. The second-order valence-corrected chi connectivity index (χ2v) is 4.28. The Morgan fingerprint density at radius 1 is 1.39 bits per heavy atom. The molecule has 1 saturated heterocycles. The molecule has 0 unspecified atom stereocenters. The van der Waals surface area contributed by atoms with Crippen LogP contribution in [0.3, 0.4) is 0 Å². The van der Waals surface area contributed by atoms with E-state index in [2.05, 4.69) is 20.2 Å². The van der Waals surface area contributed by atoms with E-state index in [0.29, 0.717) is 6.54 Å². The van der Waals surface area contributed by atoms with E-state index < -0.39 is 0 Å². The van der Waals surface area contributed by atoms with Crippen molar-refractivity contribution in [1.29, 1.82) is 0 Å². The van der Waals surface area contributed by atoms with Gasteiger partial charge in [-0.25, -0.2) is 9.97 Å². The fraction of sp³-hybridized carbons (Fsp3) is 0.667. The molecular formula is C12H21N5O. The normalized spacial score (nSPS) is 16.7. The summed E-state index contributed by atoms with van der Waals surface area (Å²) in [5, 5.41) is 3.32. The minimum Gasteiger partial charge on any atom is -0.379 e. The SMILES string of the molecule is NCCc1nccc(NCCN2CCOCC2)n1. The highest BCUT2D eigenvalue weighted by atomic mass is 16.5. The second kappa shape index (κ2) is 7.25. The van der Waals surface area contributed by atoms with Crippen LogP contribution in [0.25, 0.3) is 0 Å². The number of nitrogens with one attached hydrogen (secondary N) is 1. The average molecular weight is 251 g/mol. The minimum atomic E-state index is 0.581. The molecule has 3 N–H and O–H groups in total. The molecule has 2 rings (SSSR count). The standard InChI is InChI=1S/C12H21N5O/c13-3-1-11-14-4-2-12(16-11)15-5-6-17-7-9-18-10-8-17/h2,4H,1,3,5-10,13H2,(H,14,15,16). The van der Waals surface area contributed by atoms with Gasteiger partial charge in [-0.1, -0.05) is 0 Å². The van der Waals surface area contributed by atoms with Gasteiger partial charge in [-0.05, 0) is 12.6 Å². The van der Waals surface area contributed by atoms with Gasteiger partial charge >= 0.3 is 0 Å². The van der Waals surface area contributed by atoms with Gasteiger partial charge in [0.25, 0.3) is 0 Å². The molecule has 0 aromatic carbocycles. The Bertz CT molecular complexity index is 354. The van der Waals surface area contributed by atoms with Crippen molar-refractivity contribution in [2.24, 2.45) is 5.73 Å². The van der Waals surface area contributed by atoms with E-state index in [1.54, 1.807) is 6.20 Å². The maximum absolute atomic E-state index is 5.49. The topological polar surface area (TPSA) is 76.3 Å². The molecule has 1 aromatic rings. The van der Waals surface area contributed by atoms with E-state index in [0.717, 1.165) is 57.5 Å². The number of hydrogen-bond donors (Lipinski definition) is 2. The molecule has 1 aliphatic rings. The summed E-state index contributed by atoms with van der Waals surface area (Å²) < 4.78 is 5.31. The van der Waals surface area contributed by atoms with Crippen LogP contribution in [0.15, 0.2) is 12.3 Å². The first kappa shape index (κ1) is 13.2. The molecule has 1 aliphatic heterocycles. The number of ether oxygens (including phenoxy) is 1. The van der Waals surface area contributed by atoms with Crippen LogP contribution in [-0.2, 0) is 11.2 Å². The van der Waals surface area contributed by atoms with Crippen molar-refractivity contribution >= 4 is 5.82 Å². The number of morpholine rings is 1. The quantitative estimate of drug-likeness (QED) is 0.724. The van der Waals surface area contributed by atoms with Crippen molar-refractivity contribution < 1.29 is 4.74 Å². The Morgan fingerprint density at radius 2 is 2.22 bits per heavy atom. The van der Waals surface area contributed by atoms with Crippen LogP contribution < -0.4 is 11.1 Å². The van der Waals surface area contributed by atoms with Gasteiger partial charge in [0.05, 0.1) is 13.2 Å². The molecule has 6 nitrogen and oxygen atoms in total. The molecule has 0 saturated carbocycles. The Hall–Kier alpha value is -1.24. The third-order valence-corrected chi connectivity index (χ3v) is 2.91. The van der Waals surface area contributed by atoms with Crippen LogP contribution in [0.2, 0.25) is 0 Å². The van der Waals surface area contributed by atoms with Gasteiger partial charge in [-0.15, -0.1) is 0 Å². The van der Waals surface area contributed by atoms with Gasteiger partial charge in [0.15, 0.2) is 0 Å². The van der Waals surface area contributed by atoms with Crippen molar-refractivity contribution in [2.45, 2.75) is 6.42 Å². The smallest absolute Gasteiger partial charge is 0.131 e. The summed E-state index contributed by atoms with van der Waals surface area (Å²) >= 11 is 0. The number of nitrogens with zero attached hydrogens (tertiary/aromatic N) is 3. The Balaban J connectivity index is 1.73. The highest BCUT2D eigenvalue weighted by Gasteiger charge is 2.09. The predicted octanol–water partition coefficient (Wildman–Crippen LogP) is -0.278. The van der Waals surface area contributed by atoms with Gasteiger partial charge in [-0.3, -0.25) is 4.90 Å². The first-order chi connectivity index (χ1) is 8.88. The van der Waals surface area contributed by atoms with Gasteiger partial charge in [0.1, 0.15) is 11.6 Å². The molecule has 0 spiro atoms. The fourth-order valence-electron chi connectivity index (χ4n) is 1.91. The van der Waals surface area contributed by atoms with Gasteiger partial charge in [0.2, 0.25) is 0 Å². The van der Waals surface area contributed by atoms with Crippen molar-refractivity contribution in [3.05, 3.63) is 18.1 Å². The molecule has 100 valence electrons. The van der Waals surface area contributed by atoms with Gasteiger partial charge < -0.3 is 15.8 Å². The predicted molar refractivity (Wildman–Crippen MR) is 70.5 cm³/mol. The van der Waals surface area contributed by atoms with Crippen molar-refractivity contribution in [2.75, 3.05) is 51.3 Å². The Labute approximate surface area is 108 Å². The number of aromatic nitrogens is 2. The summed E-state index contributed by atoms with van der Waals surface area (Å²) in [7, 11) is 0. The zero-order valence-corrected chi connectivity index (χ0v) is 10.6. The van der Waals surface area contributed by atoms with Crippen molar-refractivity contribution in [1.82, 2.24) is 14.9 Å². The van der Waals surface area contributed by atoms with Crippen LogP contribution in [0.5, 0.6) is 0 Å². The lowest BCUT2D eigenvalue weighted by molar-refractivity contribution is 0.0398. The lowest BCUT2D eigenvalue weighted by Crippen LogP contribution is -2.39. The minimum absolute atomic E-state index is 0.581. The molecular weight excluding hydrogens is 230 g/mol. The third-order valence-electron chi connectivity index (χ3n) is 2.91. The number of nitrogens with two attached hydrogens (primary N) is 1. The molecule has 0 aliphatic carbocycles.